The van der Waals surface area contributed by atoms with E-state index in [1.54, 1.807) is 11.3 Å². The number of aliphatic carboxylic acids is 1. The molecule has 0 bridgehead atoms. The zero-order valence-corrected chi connectivity index (χ0v) is 13.9. The highest BCUT2D eigenvalue weighted by Crippen LogP contribution is 2.31. The van der Waals surface area contributed by atoms with Crippen LogP contribution in [0, 0.1) is 5.41 Å². The van der Waals surface area contributed by atoms with Crippen LogP contribution in [0.25, 0.3) is 0 Å². The number of carbonyl (C=O) groups excluding carboxylic acids is 1. The summed E-state index contributed by atoms with van der Waals surface area (Å²) in [5.41, 5.74) is -0.971. The predicted octanol–water partition coefficient (Wildman–Crippen LogP) is 3.16. The van der Waals surface area contributed by atoms with E-state index < -0.39 is 11.4 Å². The Labute approximate surface area is 129 Å². The van der Waals surface area contributed by atoms with Crippen LogP contribution in [0.15, 0.2) is 6.20 Å². The molecule has 0 fully saturated rings. The van der Waals surface area contributed by atoms with Gasteiger partial charge in [0.1, 0.15) is 5.01 Å². The summed E-state index contributed by atoms with van der Waals surface area (Å²) in [6.45, 7) is 7.55. The van der Waals surface area contributed by atoms with E-state index in [0.717, 1.165) is 11.4 Å². The summed E-state index contributed by atoms with van der Waals surface area (Å²) in [5, 5.41) is 13.1. The molecule has 0 aromatic carbocycles. The number of rotatable bonds is 8. The van der Waals surface area contributed by atoms with E-state index in [1.807, 2.05) is 27.0 Å². The SMILES string of the molecule is CCc1cnc(C(C)NC(=O)CC(CC)(CC)C(=O)O)s1. The van der Waals surface area contributed by atoms with Gasteiger partial charge in [-0.3, -0.25) is 9.59 Å². The van der Waals surface area contributed by atoms with Crippen molar-refractivity contribution in [3.05, 3.63) is 16.1 Å². The molecular formula is C15H24N2O3S. The molecule has 1 aromatic heterocycles. The lowest BCUT2D eigenvalue weighted by Gasteiger charge is -2.26. The van der Waals surface area contributed by atoms with Crippen LogP contribution in [0.1, 0.15) is 62.9 Å². The summed E-state index contributed by atoms with van der Waals surface area (Å²) in [7, 11) is 0. The summed E-state index contributed by atoms with van der Waals surface area (Å²) >= 11 is 1.58. The van der Waals surface area contributed by atoms with Crippen molar-refractivity contribution in [2.24, 2.45) is 5.41 Å². The lowest BCUT2D eigenvalue weighted by molar-refractivity contribution is -0.152. The van der Waals surface area contributed by atoms with E-state index in [4.69, 9.17) is 0 Å². The zero-order chi connectivity index (χ0) is 16.0. The minimum atomic E-state index is -0.971. The topological polar surface area (TPSA) is 79.3 Å². The Morgan fingerprint density at radius 3 is 2.43 bits per heavy atom. The van der Waals surface area contributed by atoms with E-state index in [0.29, 0.717) is 12.8 Å². The predicted molar refractivity (Wildman–Crippen MR) is 83.3 cm³/mol. The molecular weight excluding hydrogens is 288 g/mol. The third kappa shape index (κ3) is 4.27. The van der Waals surface area contributed by atoms with Crippen LogP contribution in [-0.2, 0) is 16.0 Å². The Bertz CT molecular complexity index is 495. The number of hydrogen-bond acceptors (Lipinski definition) is 4. The average Bonchev–Trinajstić information content (AvgIpc) is 2.93. The van der Waals surface area contributed by atoms with Crippen LogP contribution in [0.5, 0.6) is 0 Å². The molecule has 1 unspecified atom stereocenters. The second-order valence-corrected chi connectivity index (χ2v) is 6.42. The highest BCUT2D eigenvalue weighted by Gasteiger charge is 2.37. The molecule has 6 heteroatoms. The van der Waals surface area contributed by atoms with Crippen molar-refractivity contribution in [1.29, 1.82) is 0 Å². The average molecular weight is 312 g/mol. The first kappa shape index (κ1) is 17.6. The first-order valence-electron chi connectivity index (χ1n) is 7.35. The quantitative estimate of drug-likeness (QED) is 0.772. The number of thiazole rings is 1. The standard InChI is InChI=1S/C15H24N2O3S/c1-5-11-9-16-13(21-11)10(4)17-12(18)8-15(6-2,7-3)14(19)20/h9-10H,5-8H2,1-4H3,(H,17,18)(H,19,20). The van der Waals surface area contributed by atoms with Crippen LogP contribution < -0.4 is 5.32 Å². The number of hydrogen-bond donors (Lipinski definition) is 2. The molecule has 0 aliphatic rings. The van der Waals surface area contributed by atoms with Gasteiger partial charge in [-0.2, -0.15) is 0 Å². The fourth-order valence-electron chi connectivity index (χ4n) is 2.23. The molecule has 1 atom stereocenters. The summed E-state index contributed by atoms with van der Waals surface area (Å²) in [4.78, 5) is 29.0. The summed E-state index contributed by atoms with van der Waals surface area (Å²) in [5.74, 6) is -1.14. The Hall–Kier alpha value is -1.43. The second-order valence-electron chi connectivity index (χ2n) is 5.28. The first-order valence-corrected chi connectivity index (χ1v) is 8.17. The third-order valence-corrected chi connectivity index (χ3v) is 5.30. The number of carboxylic acids is 1. The van der Waals surface area contributed by atoms with Crippen LogP contribution in [-0.4, -0.2) is 22.0 Å². The van der Waals surface area contributed by atoms with Crippen molar-refractivity contribution in [3.8, 4) is 0 Å². The van der Waals surface area contributed by atoms with Gasteiger partial charge in [0.25, 0.3) is 0 Å². The van der Waals surface area contributed by atoms with Crippen LogP contribution in [0.4, 0.5) is 0 Å². The van der Waals surface area contributed by atoms with E-state index in [-0.39, 0.29) is 18.4 Å². The van der Waals surface area contributed by atoms with E-state index >= 15 is 0 Å². The minimum Gasteiger partial charge on any atom is -0.481 e. The molecule has 1 aromatic rings. The van der Waals surface area contributed by atoms with Gasteiger partial charge in [0.2, 0.25) is 5.91 Å². The minimum absolute atomic E-state index is 0.00564. The number of carbonyl (C=O) groups is 2. The van der Waals surface area contributed by atoms with Crippen molar-refractivity contribution in [3.63, 3.8) is 0 Å². The zero-order valence-electron chi connectivity index (χ0n) is 13.1. The number of aryl methyl sites for hydroxylation is 1. The van der Waals surface area contributed by atoms with Gasteiger partial charge < -0.3 is 10.4 Å². The Balaban J connectivity index is 2.69. The van der Waals surface area contributed by atoms with Crippen molar-refractivity contribution in [1.82, 2.24) is 10.3 Å². The second kappa shape index (κ2) is 7.54. The molecule has 0 spiro atoms. The molecule has 0 saturated heterocycles. The fourth-order valence-corrected chi connectivity index (χ4v) is 3.09. The summed E-state index contributed by atoms with van der Waals surface area (Å²) in [6, 6.07) is -0.192. The van der Waals surface area contributed by atoms with Gasteiger partial charge in [-0.25, -0.2) is 4.98 Å². The highest BCUT2D eigenvalue weighted by molar-refractivity contribution is 7.11. The molecule has 1 amide bonds. The Morgan fingerprint density at radius 1 is 1.38 bits per heavy atom. The van der Waals surface area contributed by atoms with E-state index in [9.17, 15) is 14.7 Å². The summed E-state index contributed by atoms with van der Waals surface area (Å²) < 4.78 is 0. The molecule has 0 aliphatic heterocycles. The molecule has 21 heavy (non-hydrogen) atoms. The molecule has 0 aliphatic carbocycles. The number of nitrogens with zero attached hydrogens (tertiary/aromatic N) is 1. The van der Waals surface area contributed by atoms with Crippen molar-refractivity contribution in [2.75, 3.05) is 0 Å². The smallest absolute Gasteiger partial charge is 0.310 e. The Morgan fingerprint density at radius 2 is 2.00 bits per heavy atom. The Kier molecular flexibility index (Phi) is 6.33. The lowest BCUT2D eigenvalue weighted by atomic mass is 9.79. The number of nitrogens with one attached hydrogen (secondary N) is 1. The number of aromatic nitrogens is 1. The highest BCUT2D eigenvalue weighted by atomic mass is 32.1. The van der Waals surface area contributed by atoms with Gasteiger partial charge in [-0.05, 0) is 26.2 Å². The first-order chi connectivity index (χ1) is 9.88. The number of amides is 1. The molecule has 0 radical (unpaired) electrons. The van der Waals surface area contributed by atoms with Crippen molar-refractivity contribution in [2.45, 2.75) is 59.4 Å². The van der Waals surface area contributed by atoms with Crippen molar-refractivity contribution >= 4 is 23.2 Å². The largest absolute Gasteiger partial charge is 0.481 e. The lowest BCUT2D eigenvalue weighted by Crippen LogP contribution is -2.37. The van der Waals surface area contributed by atoms with E-state index in [2.05, 4.69) is 17.2 Å². The third-order valence-electron chi connectivity index (χ3n) is 3.97. The van der Waals surface area contributed by atoms with Gasteiger partial charge in [-0.15, -0.1) is 11.3 Å². The normalized spacial score (nSPS) is 13.0. The maximum atomic E-state index is 12.1. The monoisotopic (exact) mass is 312 g/mol. The fraction of sp³-hybridized carbons (Fsp3) is 0.667. The maximum Gasteiger partial charge on any atom is 0.310 e. The maximum absolute atomic E-state index is 12.1. The molecule has 1 heterocycles. The number of carboxylic acid groups (broad SMARTS) is 1. The summed E-state index contributed by atoms with van der Waals surface area (Å²) in [6.07, 6.45) is 3.63. The van der Waals surface area contributed by atoms with Gasteiger partial charge in [0.05, 0.1) is 11.5 Å². The van der Waals surface area contributed by atoms with Gasteiger partial charge in [0.15, 0.2) is 0 Å². The van der Waals surface area contributed by atoms with Gasteiger partial charge in [0, 0.05) is 17.5 Å². The van der Waals surface area contributed by atoms with Gasteiger partial charge in [-0.1, -0.05) is 20.8 Å². The van der Waals surface area contributed by atoms with Crippen LogP contribution >= 0.6 is 11.3 Å². The molecule has 2 N–H and O–H groups in total. The molecule has 118 valence electrons. The van der Waals surface area contributed by atoms with Crippen LogP contribution in [0.2, 0.25) is 0 Å². The van der Waals surface area contributed by atoms with Gasteiger partial charge >= 0.3 is 5.97 Å². The van der Waals surface area contributed by atoms with Crippen molar-refractivity contribution < 1.29 is 14.7 Å². The molecule has 5 nitrogen and oxygen atoms in total. The molecule has 1 rings (SSSR count). The van der Waals surface area contributed by atoms with Crippen LogP contribution in [0.3, 0.4) is 0 Å². The van der Waals surface area contributed by atoms with E-state index in [1.165, 1.54) is 4.88 Å². The molecule has 0 saturated carbocycles.